The molecule has 1 heterocycles. The zero-order chi connectivity index (χ0) is 15.2. The molecule has 0 saturated carbocycles. The number of hydrogen-bond acceptors (Lipinski definition) is 3. The molecule has 0 spiro atoms. The van der Waals surface area contributed by atoms with Gasteiger partial charge in [0.25, 0.3) is 0 Å². The maximum atomic E-state index is 12.3. The lowest BCUT2D eigenvalue weighted by atomic mass is 10.1. The summed E-state index contributed by atoms with van der Waals surface area (Å²) in [5.74, 6) is 1.52. The maximum absolute atomic E-state index is 12.3. The second kappa shape index (κ2) is 7.27. The van der Waals surface area contributed by atoms with Crippen molar-refractivity contribution in [3.05, 3.63) is 35.9 Å². The number of allylic oxidation sites excluding steroid dienone is 1. The summed E-state index contributed by atoms with van der Waals surface area (Å²) in [7, 11) is 3.61. The molecule has 0 bridgehead atoms. The second-order valence-electron chi connectivity index (χ2n) is 5.55. The Balaban J connectivity index is 1.99. The highest BCUT2D eigenvalue weighted by Gasteiger charge is 2.24. The van der Waals surface area contributed by atoms with E-state index >= 15 is 0 Å². The van der Waals surface area contributed by atoms with Crippen molar-refractivity contribution in [3.63, 3.8) is 0 Å². The third-order valence-electron chi connectivity index (χ3n) is 3.98. The number of likely N-dealkylation sites (tertiary alicyclic amines) is 1. The number of hydrogen-bond donors (Lipinski definition) is 1. The number of benzene rings is 1. The molecule has 21 heavy (non-hydrogen) atoms. The first-order chi connectivity index (χ1) is 10.1. The average molecular weight is 288 g/mol. The lowest BCUT2D eigenvalue weighted by Crippen LogP contribution is -2.29. The molecule has 0 aliphatic carbocycles. The molecule has 1 saturated heterocycles. The van der Waals surface area contributed by atoms with Crippen molar-refractivity contribution in [1.82, 2.24) is 10.2 Å². The van der Waals surface area contributed by atoms with Crippen LogP contribution in [0.4, 0.5) is 0 Å². The molecular formula is C17H24N2O2. The number of ether oxygens (including phenoxy) is 1. The van der Waals surface area contributed by atoms with Crippen LogP contribution in [-0.2, 0) is 4.79 Å². The number of amides is 1. The minimum atomic E-state index is 0.113. The molecule has 1 aromatic rings. The van der Waals surface area contributed by atoms with Crippen molar-refractivity contribution in [1.29, 1.82) is 0 Å². The predicted molar refractivity (Wildman–Crippen MR) is 85.3 cm³/mol. The lowest BCUT2D eigenvalue weighted by molar-refractivity contribution is -0.125. The van der Waals surface area contributed by atoms with Crippen LogP contribution in [-0.4, -0.2) is 44.6 Å². The van der Waals surface area contributed by atoms with Crippen molar-refractivity contribution in [2.45, 2.75) is 13.3 Å². The van der Waals surface area contributed by atoms with Crippen molar-refractivity contribution in [3.8, 4) is 5.75 Å². The Kier molecular flexibility index (Phi) is 5.39. The highest BCUT2D eigenvalue weighted by Crippen LogP contribution is 2.20. The predicted octanol–water partition coefficient (Wildman–Crippen LogP) is 2.17. The average Bonchev–Trinajstić information content (AvgIpc) is 2.96. The van der Waals surface area contributed by atoms with Crippen molar-refractivity contribution in [2.75, 3.05) is 33.8 Å². The summed E-state index contributed by atoms with van der Waals surface area (Å²) in [5.41, 5.74) is 2.04. The Morgan fingerprint density at radius 3 is 2.76 bits per heavy atom. The normalized spacial score (nSPS) is 18.9. The molecule has 1 aliphatic rings. The van der Waals surface area contributed by atoms with E-state index in [4.69, 9.17) is 4.74 Å². The second-order valence-corrected chi connectivity index (χ2v) is 5.55. The smallest absolute Gasteiger partial charge is 0.246 e. The number of carbonyl (C=O) groups is 1. The van der Waals surface area contributed by atoms with E-state index in [2.05, 4.69) is 5.32 Å². The largest absolute Gasteiger partial charge is 0.497 e. The van der Waals surface area contributed by atoms with Crippen LogP contribution in [0.2, 0.25) is 0 Å². The zero-order valence-corrected chi connectivity index (χ0v) is 13.1. The van der Waals surface area contributed by atoms with Crippen molar-refractivity contribution < 1.29 is 9.53 Å². The molecule has 4 nitrogen and oxygen atoms in total. The molecule has 0 radical (unpaired) electrons. The quantitative estimate of drug-likeness (QED) is 0.844. The number of carbonyl (C=O) groups excluding carboxylic acids is 1. The van der Waals surface area contributed by atoms with Gasteiger partial charge in [0.2, 0.25) is 5.91 Å². The summed E-state index contributed by atoms with van der Waals surface area (Å²) in [6.07, 6.45) is 2.82. The van der Waals surface area contributed by atoms with Crippen LogP contribution < -0.4 is 10.1 Å². The first-order valence-electron chi connectivity index (χ1n) is 7.40. The number of nitrogens with one attached hydrogen (secondary N) is 1. The van der Waals surface area contributed by atoms with Crippen LogP contribution in [0.3, 0.4) is 0 Å². The first kappa shape index (κ1) is 15.6. The molecule has 1 fully saturated rings. The van der Waals surface area contributed by atoms with Gasteiger partial charge in [-0.3, -0.25) is 4.79 Å². The Bertz CT molecular complexity index is 508. The Morgan fingerprint density at radius 1 is 1.43 bits per heavy atom. The Labute approximate surface area is 126 Å². The maximum Gasteiger partial charge on any atom is 0.246 e. The topological polar surface area (TPSA) is 41.6 Å². The summed E-state index contributed by atoms with van der Waals surface area (Å²) < 4.78 is 5.15. The monoisotopic (exact) mass is 288 g/mol. The van der Waals surface area contributed by atoms with Gasteiger partial charge >= 0.3 is 0 Å². The Morgan fingerprint density at radius 2 is 2.14 bits per heavy atom. The molecular weight excluding hydrogens is 264 g/mol. The summed E-state index contributed by atoms with van der Waals surface area (Å²) in [5, 5.41) is 3.18. The summed E-state index contributed by atoms with van der Waals surface area (Å²) in [4.78, 5) is 14.2. The van der Waals surface area contributed by atoms with Gasteiger partial charge in [0, 0.05) is 19.2 Å². The fourth-order valence-electron chi connectivity index (χ4n) is 2.70. The van der Waals surface area contributed by atoms with Crippen LogP contribution in [0, 0.1) is 5.92 Å². The third-order valence-corrected chi connectivity index (χ3v) is 3.98. The van der Waals surface area contributed by atoms with Gasteiger partial charge in [-0.25, -0.2) is 0 Å². The van der Waals surface area contributed by atoms with Gasteiger partial charge in [-0.1, -0.05) is 12.1 Å². The number of methoxy groups -OCH3 is 1. The van der Waals surface area contributed by atoms with Crippen LogP contribution >= 0.6 is 0 Å². The van der Waals surface area contributed by atoms with Crippen LogP contribution in [0.1, 0.15) is 18.9 Å². The number of rotatable bonds is 5. The summed E-state index contributed by atoms with van der Waals surface area (Å²) >= 11 is 0. The molecule has 114 valence electrons. The molecule has 0 aromatic heterocycles. The lowest BCUT2D eigenvalue weighted by Gasteiger charge is -2.15. The molecule has 1 amide bonds. The van der Waals surface area contributed by atoms with E-state index in [9.17, 15) is 4.79 Å². The van der Waals surface area contributed by atoms with Gasteiger partial charge in [-0.05, 0) is 56.1 Å². The van der Waals surface area contributed by atoms with Crippen molar-refractivity contribution >= 4 is 11.5 Å². The standard InChI is InChI=1S/C17H24N2O2/c1-13(15-4-6-16(21-3)7-5-15)10-17(20)19-9-8-14(12-19)11-18-2/h4-7,10,14,18H,8-9,11-12H2,1-3H3/b13-10+. The highest BCUT2D eigenvalue weighted by molar-refractivity contribution is 5.95. The van der Waals surface area contributed by atoms with E-state index in [1.54, 1.807) is 13.2 Å². The van der Waals surface area contributed by atoms with E-state index in [-0.39, 0.29) is 5.91 Å². The van der Waals surface area contributed by atoms with Gasteiger partial charge in [-0.15, -0.1) is 0 Å². The molecule has 1 N–H and O–H groups in total. The zero-order valence-electron chi connectivity index (χ0n) is 13.1. The fourth-order valence-corrected chi connectivity index (χ4v) is 2.70. The minimum absolute atomic E-state index is 0.113. The van der Waals surface area contributed by atoms with Crippen LogP contribution in [0.15, 0.2) is 30.3 Å². The molecule has 4 heteroatoms. The molecule has 2 rings (SSSR count). The minimum Gasteiger partial charge on any atom is -0.497 e. The Hall–Kier alpha value is -1.81. The third kappa shape index (κ3) is 4.08. The molecule has 1 unspecified atom stereocenters. The van der Waals surface area contributed by atoms with Crippen molar-refractivity contribution in [2.24, 2.45) is 5.92 Å². The molecule has 1 atom stereocenters. The van der Waals surface area contributed by atoms with E-state index in [0.717, 1.165) is 42.9 Å². The summed E-state index contributed by atoms with van der Waals surface area (Å²) in [6.45, 7) is 4.66. The number of nitrogens with zero attached hydrogens (tertiary/aromatic N) is 1. The van der Waals surface area contributed by atoms with Gasteiger partial charge in [0.05, 0.1) is 7.11 Å². The fraction of sp³-hybridized carbons (Fsp3) is 0.471. The SMILES string of the molecule is CNCC1CCN(C(=O)/C=C(\C)c2ccc(OC)cc2)C1. The van der Waals surface area contributed by atoms with E-state index in [1.165, 1.54) is 0 Å². The van der Waals surface area contributed by atoms with Gasteiger partial charge < -0.3 is 15.0 Å². The first-order valence-corrected chi connectivity index (χ1v) is 7.40. The molecule has 1 aromatic carbocycles. The van der Waals surface area contributed by atoms with Gasteiger partial charge in [0.15, 0.2) is 0 Å². The van der Waals surface area contributed by atoms with E-state index in [1.807, 2.05) is 43.1 Å². The summed E-state index contributed by atoms with van der Waals surface area (Å²) in [6, 6.07) is 7.78. The van der Waals surface area contributed by atoms with E-state index < -0.39 is 0 Å². The molecule has 1 aliphatic heterocycles. The van der Waals surface area contributed by atoms with Gasteiger partial charge in [-0.2, -0.15) is 0 Å². The van der Waals surface area contributed by atoms with Crippen LogP contribution in [0.5, 0.6) is 5.75 Å². The highest BCUT2D eigenvalue weighted by atomic mass is 16.5. The van der Waals surface area contributed by atoms with Gasteiger partial charge in [0.1, 0.15) is 5.75 Å². The van der Waals surface area contributed by atoms with Crippen LogP contribution in [0.25, 0.3) is 5.57 Å². The van der Waals surface area contributed by atoms with E-state index in [0.29, 0.717) is 5.92 Å².